The molecule has 4 nitrogen and oxygen atoms in total. The Hall–Kier alpha value is -2.46. The fourth-order valence-corrected chi connectivity index (χ4v) is 2.28. The van der Waals surface area contributed by atoms with Gasteiger partial charge in [0.2, 0.25) is 0 Å². The minimum Gasteiger partial charge on any atom is -0.489 e. The highest BCUT2D eigenvalue weighted by Gasteiger charge is 2.09. The molecule has 2 aromatic carbocycles. The van der Waals surface area contributed by atoms with Gasteiger partial charge in [0.05, 0.1) is 0 Å². The van der Waals surface area contributed by atoms with Crippen LogP contribution in [0.3, 0.4) is 0 Å². The van der Waals surface area contributed by atoms with E-state index in [1.165, 1.54) is 0 Å². The zero-order valence-electron chi connectivity index (χ0n) is 13.8. The maximum absolute atomic E-state index is 12.1. The third-order valence-corrected chi connectivity index (χ3v) is 3.93. The summed E-state index contributed by atoms with van der Waals surface area (Å²) in [6, 6.07) is 10.7. The molecule has 0 saturated heterocycles. The number of amides is 1. The fraction of sp³-hybridized carbons (Fsp3) is 0.211. The van der Waals surface area contributed by atoms with E-state index in [2.05, 4.69) is 11.9 Å². The summed E-state index contributed by atoms with van der Waals surface area (Å²) < 4.78 is 11.0. The molecule has 0 fully saturated rings. The van der Waals surface area contributed by atoms with Crippen LogP contribution in [0.2, 0.25) is 5.02 Å². The Morgan fingerprint density at radius 2 is 2.00 bits per heavy atom. The van der Waals surface area contributed by atoms with Gasteiger partial charge in [-0.05, 0) is 49.2 Å². The molecular formula is C19H20ClNO3. The topological polar surface area (TPSA) is 47.6 Å². The lowest BCUT2D eigenvalue weighted by Crippen LogP contribution is -2.20. The summed E-state index contributed by atoms with van der Waals surface area (Å²) in [4.78, 5) is 12.1. The maximum Gasteiger partial charge on any atom is 0.262 e. The van der Waals surface area contributed by atoms with E-state index in [1.54, 1.807) is 30.3 Å². The molecule has 0 bridgehead atoms. The first-order valence-corrected chi connectivity index (χ1v) is 7.91. The first-order chi connectivity index (χ1) is 11.5. The molecule has 0 heterocycles. The van der Waals surface area contributed by atoms with Crippen LogP contribution in [0.5, 0.6) is 11.5 Å². The van der Waals surface area contributed by atoms with Crippen molar-refractivity contribution in [3.8, 4) is 11.5 Å². The van der Waals surface area contributed by atoms with Gasteiger partial charge in [0.1, 0.15) is 18.1 Å². The molecule has 1 N–H and O–H groups in total. The molecule has 0 aromatic heterocycles. The lowest BCUT2D eigenvalue weighted by Gasteiger charge is -2.12. The molecule has 1 amide bonds. The van der Waals surface area contributed by atoms with E-state index in [-0.39, 0.29) is 12.5 Å². The highest BCUT2D eigenvalue weighted by atomic mass is 35.5. The number of hydrogen-bond acceptors (Lipinski definition) is 3. The lowest BCUT2D eigenvalue weighted by molar-refractivity contribution is -0.118. The number of rotatable bonds is 7. The van der Waals surface area contributed by atoms with Crippen LogP contribution >= 0.6 is 11.6 Å². The van der Waals surface area contributed by atoms with Crippen molar-refractivity contribution >= 4 is 23.2 Å². The van der Waals surface area contributed by atoms with Gasteiger partial charge in [-0.2, -0.15) is 0 Å². The Labute approximate surface area is 147 Å². The Balaban J connectivity index is 1.94. The van der Waals surface area contributed by atoms with Gasteiger partial charge in [-0.15, -0.1) is 0 Å². The molecule has 0 unspecified atom stereocenters. The fourth-order valence-electron chi connectivity index (χ4n) is 2.08. The summed E-state index contributed by atoms with van der Waals surface area (Å²) >= 11 is 6.05. The summed E-state index contributed by atoms with van der Waals surface area (Å²) in [6.45, 7) is 7.76. The molecule has 0 spiro atoms. The van der Waals surface area contributed by atoms with E-state index >= 15 is 0 Å². The van der Waals surface area contributed by atoms with Crippen LogP contribution < -0.4 is 14.8 Å². The van der Waals surface area contributed by atoms with Crippen molar-refractivity contribution in [2.45, 2.75) is 13.8 Å². The smallest absolute Gasteiger partial charge is 0.262 e. The lowest BCUT2D eigenvalue weighted by atomic mass is 10.1. The van der Waals surface area contributed by atoms with E-state index in [0.717, 1.165) is 11.1 Å². The number of carbonyl (C=O) groups excluding carboxylic acids is 1. The Morgan fingerprint density at radius 3 is 2.75 bits per heavy atom. The average molecular weight is 346 g/mol. The van der Waals surface area contributed by atoms with Crippen LogP contribution in [-0.4, -0.2) is 19.1 Å². The molecule has 126 valence electrons. The highest BCUT2D eigenvalue weighted by Crippen LogP contribution is 2.27. The van der Waals surface area contributed by atoms with E-state index in [4.69, 9.17) is 21.1 Å². The predicted octanol–water partition coefficient (Wildman–Crippen LogP) is 4.54. The Kier molecular flexibility index (Phi) is 6.27. The first kappa shape index (κ1) is 17.9. The van der Waals surface area contributed by atoms with Crippen LogP contribution in [0, 0.1) is 13.8 Å². The zero-order valence-corrected chi connectivity index (χ0v) is 14.5. The SMILES string of the molecule is C=CCOc1cccc(NC(=O)COc2ccc(Cl)c(C)c2C)c1. The molecule has 0 saturated carbocycles. The standard InChI is InChI=1S/C19H20ClNO3/c1-4-10-23-16-7-5-6-15(11-16)21-19(22)12-24-18-9-8-17(20)13(2)14(18)3/h4-9,11H,1,10,12H2,2-3H3,(H,21,22). The van der Waals surface area contributed by atoms with Crippen molar-refractivity contribution in [1.82, 2.24) is 0 Å². The van der Waals surface area contributed by atoms with E-state index in [1.807, 2.05) is 26.0 Å². The van der Waals surface area contributed by atoms with Crippen LogP contribution in [-0.2, 0) is 4.79 Å². The summed E-state index contributed by atoms with van der Waals surface area (Å²) in [7, 11) is 0. The van der Waals surface area contributed by atoms with Crippen LogP contribution in [0.25, 0.3) is 0 Å². The minimum absolute atomic E-state index is 0.0837. The monoisotopic (exact) mass is 345 g/mol. The number of halogens is 1. The van der Waals surface area contributed by atoms with Gasteiger partial charge in [-0.1, -0.05) is 30.3 Å². The van der Waals surface area contributed by atoms with Gasteiger partial charge >= 0.3 is 0 Å². The second-order valence-electron chi connectivity index (χ2n) is 5.26. The summed E-state index contributed by atoms with van der Waals surface area (Å²) in [5.74, 6) is 1.07. The Bertz CT molecular complexity index is 743. The van der Waals surface area contributed by atoms with Crippen molar-refractivity contribution in [3.05, 3.63) is 65.2 Å². The van der Waals surface area contributed by atoms with Gasteiger partial charge in [-0.3, -0.25) is 4.79 Å². The average Bonchev–Trinajstić information content (AvgIpc) is 2.57. The highest BCUT2D eigenvalue weighted by molar-refractivity contribution is 6.31. The van der Waals surface area contributed by atoms with Crippen LogP contribution in [0.4, 0.5) is 5.69 Å². The van der Waals surface area contributed by atoms with Crippen molar-refractivity contribution in [2.24, 2.45) is 0 Å². The molecule has 0 aliphatic carbocycles. The largest absolute Gasteiger partial charge is 0.489 e. The summed E-state index contributed by atoms with van der Waals surface area (Å²) in [5, 5.41) is 3.46. The molecule has 0 aliphatic heterocycles. The summed E-state index contributed by atoms with van der Waals surface area (Å²) in [6.07, 6.45) is 1.66. The van der Waals surface area contributed by atoms with Gasteiger partial charge in [0.25, 0.3) is 5.91 Å². The van der Waals surface area contributed by atoms with Gasteiger partial charge in [0.15, 0.2) is 6.61 Å². The Morgan fingerprint density at radius 1 is 1.21 bits per heavy atom. The maximum atomic E-state index is 12.1. The van der Waals surface area contributed by atoms with Crippen LogP contribution in [0.1, 0.15) is 11.1 Å². The third-order valence-electron chi connectivity index (χ3n) is 3.52. The zero-order chi connectivity index (χ0) is 17.5. The van der Waals surface area contributed by atoms with Gasteiger partial charge in [0, 0.05) is 16.8 Å². The number of benzene rings is 2. The quantitative estimate of drug-likeness (QED) is 0.749. The van der Waals surface area contributed by atoms with Crippen LogP contribution in [0.15, 0.2) is 49.1 Å². The number of carbonyl (C=O) groups is 1. The predicted molar refractivity (Wildman–Crippen MR) is 97.2 cm³/mol. The van der Waals surface area contributed by atoms with Gasteiger partial charge < -0.3 is 14.8 Å². The molecule has 2 aromatic rings. The van der Waals surface area contributed by atoms with E-state index in [0.29, 0.717) is 28.8 Å². The third kappa shape index (κ3) is 4.77. The molecule has 5 heteroatoms. The molecular weight excluding hydrogens is 326 g/mol. The van der Waals surface area contributed by atoms with Gasteiger partial charge in [-0.25, -0.2) is 0 Å². The second kappa shape index (κ2) is 8.41. The van der Waals surface area contributed by atoms with Crippen molar-refractivity contribution in [3.63, 3.8) is 0 Å². The number of nitrogens with one attached hydrogen (secondary N) is 1. The van der Waals surface area contributed by atoms with E-state index in [9.17, 15) is 4.79 Å². The van der Waals surface area contributed by atoms with Crippen molar-refractivity contribution in [2.75, 3.05) is 18.5 Å². The normalized spacial score (nSPS) is 10.1. The molecule has 0 atom stereocenters. The molecule has 0 aliphatic rings. The molecule has 0 radical (unpaired) electrons. The first-order valence-electron chi connectivity index (χ1n) is 7.53. The van der Waals surface area contributed by atoms with Crippen molar-refractivity contribution in [1.29, 1.82) is 0 Å². The number of ether oxygens (including phenoxy) is 2. The van der Waals surface area contributed by atoms with E-state index < -0.39 is 0 Å². The molecule has 24 heavy (non-hydrogen) atoms. The number of hydrogen-bond donors (Lipinski definition) is 1. The number of anilines is 1. The van der Waals surface area contributed by atoms with Crippen molar-refractivity contribution < 1.29 is 14.3 Å². The minimum atomic E-state index is -0.247. The summed E-state index contributed by atoms with van der Waals surface area (Å²) in [5.41, 5.74) is 2.52. The second-order valence-corrected chi connectivity index (χ2v) is 5.67. The molecule has 2 rings (SSSR count).